The molecule has 1 aliphatic heterocycles. The lowest BCUT2D eigenvalue weighted by Crippen LogP contribution is -2.53. The summed E-state index contributed by atoms with van der Waals surface area (Å²) in [6.45, 7) is 3.19. The molecular weight excluding hydrogens is 232 g/mol. The molecule has 3 unspecified atom stereocenters. The molecule has 1 saturated heterocycles. The zero-order valence-corrected chi connectivity index (χ0v) is 10.1. The van der Waals surface area contributed by atoms with Crippen molar-refractivity contribution in [1.29, 1.82) is 5.26 Å². The van der Waals surface area contributed by atoms with Crippen molar-refractivity contribution in [1.82, 2.24) is 4.31 Å². The van der Waals surface area contributed by atoms with Crippen LogP contribution >= 0.6 is 0 Å². The van der Waals surface area contributed by atoms with E-state index in [4.69, 9.17) is 15.1 Å². The van der Waals surface area contributed by atoms with E-state index < -0.39 is 21.4 Å². The summed E-state index contributed by atoms with van der Waals surface area (Å²) in [6.07, 6.45) is -0.503. The topological polar surface area (TPSA) is 90.6 Å². The van der Waals surface area contributed by atoms with Gasteiger partial charge in [-0.05, 0) is 13.8 Å². The highest BCUT2D eigenvalue weighted by Crippen LogP contribution is 2.18. The lowest BCUT2D eigenvalue weighted by Gasteiger charge is -2.36. The van der Waals surface area contributed by atoms with E-state index in [1.165, 1.54) is 11.2 Å². The monoisotopic (exact) mass is 248 g/mol. The van der Waals surface area contributed by atoms with Gasteiger partial charge >= 0.3 is 0 Å². The lowest BCUT2D eigenvalue weighted by molar-refractivity contribution is -0.0517. The molecule has 6 nitrogen and oxygen atoms in total. The number of ether oxygens (including phenoxy) is 1. The standard InChI is InChI=1S/C9H16N2O4S/c1-7-6-15-9(5-12)4-11(7)16(13,14)8(2)3-10/h7-9,12H,4-6H2,1-2H3. The van der Waals surface area contributed by atoms with Gasteiger partial charge in [0.25, 0.3) is 0 Å². The molecule has 0 saturated carbocycles. The molecular formula is C9H16N2O4S. The first-order chi connectivity index (χ1) is 7.43. The second-order valence-electron chi connectivity index (χ2n) is 3.87. The summed E-state index contributed by atoms with van der Waals surface area (Å²) in [4.78, 5) is 0. The Labute approximate surface area is 95.5 Å². The number of sulfonamides is 1. The number of hydrogen-bond acceptors (Lipinski definition) is 5. The molecule has 0 aromatic carbocycles. The van der Waals surface area contributed by atoms with E-state index in [1.807, 2.05) is 0 Å². The minimum absolute atomic E-state index is 0.103. The van der Waals surface area contributed by atoms with Gasteiger partial charge < -0.3 is 9.84 Å². The van der Waals surface area contributed by atoms with Gasteiger partial charge in [0.05, 0.1) is 25.4 Å². The molecule has 0 bridgehead atoms. The molecule has 1 N–H and O–H groups in total. The van der Waals surface area contributed by atoms with Crippen LogP contribution in [0.2, 0.25) is 0 Å². The number of hydrogen-bond donors (Lipinski definition) is 1. The molecule has 92 valence electrons. The molecule has 0 aliphatic carbocycles. The fourth-order valence-electron chi connectivity index (χ4n) is 1.53. The molecule has 16 heavy (non-hydrogen) atoms. The number of aliphatic hydroxyl groups is 1. The highest BCUT2D eigenvalue weighted by Gasteiger charge is 2.37. The van der Waals surface area contributed by atoms with Gasteiger partial charge in [-0.25, -0.2) is 8.42 Å². The molecule has 1 heterocycles. The Hall–Kier alpha value is -0.680. The van der Waals surface area contributed by atoms with E-state index in [-0.39, 0.29) is 25.8 Å². The van der Waals surface area contributed by atoms with E-state index in [0.717, 1.165) is 0 Å². The number of rotatable bonds is 3. The SMILES string of the molecule is CC1COC(CO)CN1S(=O)(=O)C(C)C#N. The van der Waals surface area contributed by atoms with Crippen LogP contribution in [0.15, 0.2) is 0 Å². The zero-order valence-electron chi connectivity index (χ0n) is 9.33. The highest BCUT2D eigenvalue weighted by atomic mass is 32.2. The van der Waals surface area contributed by atoms with Crippen LogP contribution in [0, 0.1) is 11.3 Å². The Kier molecular flexibility index (Phi) is 4.27. The smallest absolute Gasteiger partial charge is 0.230 e. The van der Waals surface area contributed by atoms with Gasteiger partial charge in [0, 0.05) is 12.6 Å². The number of nitrogens with zero attached hydrogens (tertiary/aromatic N) is 2. The van der Waals surface area contributed by atoms with E-state index in [0.29, 0.717) is 0 Å². The van der Waals surface area contributed by atoms with Gasteiger partial charge in [0.1, 0.15) is 0 Å². The predicted octanol–water partition coefficient (Wildman–Crippen LogP) is -0.690. The molecule has 7 heteroatoms. The van der Waals surface area contributed by atoms with Crippen molar-refractivity contribution in [3.63, 3.8) is 0 Å². The van der Waals surface area contributed by atoms with Crippen LogP contribution in [0.4, 0.5) is 0 Å². The van der Waals surface area contributed by atoms with Crippen LogP contribution < -0.4 is 0 Å². The highest BCUT2D eigenvalue weighted by molar-refractivity contribution is 7.90. The minimum atomic E-state index is -3.62. The summed E-state index contributed by atoms with van der Waals surface area (Å²) in [6, 6.07) is 1.42. The number of aliphatic hydroxyl groups excluding tert-OH is 1. The second-order valence-corrected chi connectivity index (χ2v) is 6.08. The van der Waals surface area contributed by atoms with E-state index in [1.54, 1.807) is 13.0 Å². The zero-order chi connectivity index (χ0) is 12.3. The summed E-state index contributed by atoms with van der Waals surface area (Å²) in [5, 5.41) is 16.5. The first-order valence-electron chi connectivity index (χ1n) is 5.06. The van der Waals surface area contributed by atoms with Crippen LogP contribution in [0.5, 0.6) is 0 Å². The Bertz CT molecular complexity index is 375. The van der Waals surface area contributed by atoms with Gasteiger partial charge in [-0.15, -0.1) is 0 Å². The molecule has 1 rings (SSSR count). The third-order valence-corrected chi connectivity index (χ3v) is 4.77. The summed E-state index contributed by atoms with van der Waals surface area (Å²) in [5.41, 5.74) is 0. The fraction of sp³-hybridized carbons (Fsp3) is 0.889. The Morgan fingerprint density at radius 1 is 1.69 bits per heavy atom. The Morgan fingerprint density at radius 3 is 2.81 bits per heavy atom. The summed E-state index contributed by atoms with van der Waals surface area (Å²) >= 11 is 0. The first-order valence-corrected chi connectivity index (χ1v) is 6.56. The van der Waals surface area contributed by atoms with Gasteiger partial charge in [-0.3, -0.25) is 0 Å². The molecule has 1 aliphatic rings. The molecule has 0 radical (unpaired) electrons. The van der Waals surface area contributed by atoms with Crippen LogP contribution in [0.25, 0.3) is 0 Å². The quantitative estimate of drug-likeness (QED) is 0.714. The van der Waals surface area contributed by atoms with Gasteiger partial charge in [-0.1, -0.05) is 0 Å². The van der Waals surface area contributed by atoms with Crippen molar-refractivity contribution < 1.29 is 18.3 Å². The van der Waals surface area contributed by atoms with Crippen molar-refractivity contribution in [2.45, 2.75) is 31.2 Å². The molecule has 0 aromatic rings. The normalized spacial score (nSPS) is 29.6. The molecule has 0 aromatic heterocycles. The Morgan fingerprint density at radius 2 is 2.31 bits per heavy atom. The van der Waals surface area contributed by atoms with Crippen molar-refractivity contribution >= 4 is 10.0 Å². The molecule has 0 spiro atoms. The number of nitriles is 1. The van der Waals surface area contributed by atoms with Crippen molar-refractivity contribution in [3.8, 4) is 6.07 Å². The minimum Gasteiger partial charge on any atom is -0.394 e. The van der Waals surface area contributed by atoms with Gasteiger partial charge in [0.2, 0.25) is 10.0 Å². The maximum absolute atomic E-state index is 12.0. The van der Waals surface area contributed by atoms with E-state index >= 15 is 0 Å². The van der Waals surface area contributed by atoms with Crippen LogP contribution in [-0.4, -0.2) is 55.0 Å². The fourth-order valence-corrected chi connectivity index (χ4v) is 3.00. The van der Waals surface area contributed by atoms with E-state index in [9.17, 15) is 8.42 Å². The second kappa shape index (κ2) is 5.10. The predicted molar refractivity (Wildman–Crippen MR) is 57.0 cm³/mol. The van der Waals surface area contributed by atoms with Crippen molar-refractivity contribution in [3.05, 3.63) is 0 Å². The number of morpholine rings is 1. The third kappa shape index (κ3) is 2.52. The average Bonchev–Trinajstić information content (AvgIpc) is 2.28. The van der Waals surface area contributed by atoms with Crippen LogP contribution in [0.3, 0.4) is 0 Å². The van der Waals surface area contributed by atoms with E-state index in [2.05, 4.69) is 0 Å². The Balaban J connectivity index is 2.89. The van der Waals surface area contributed by atoms with Crippen LogP contribution in [-0.2, 0) is 14.8 Å². The van der Waals surface area contributed by atoms with Gasteiger partial charge in [0.15, 0.2) is 5.25 Å². The lowest BCUT2D eigenvalue weighted by atomic mass is 10.2. The van der Waals surface area contributed by atoms with Crippen molar-refractivity contribution in [2.24, 2.45) is 0 Å². The average molecular weight is 248 g/mol. The maximum atomic E-state index is 12.0. The molecule has 1 fully saturated rings. The summed E-state index contributed by atoms with van der Waals surface area (Å²) < 4.78 is 30.4. The largest absolute Gasteiger partial charge is 0.394 e. The first kappa shape index (κ1) is 13.4. The maximum Gasteiger partial charge on any atom is 0.230 e. The molecule has 0 amide bonds. The molecule has 3 atom stereocenters. The van der Waals surface area contributed by atoms with Crippen molar-refractivity contribution in [2.75, 3.05) is 19.8 Å². The third-order valence-electron chi connectivity index (χ3n) is 2.61. The van der Waals surface area contributed by atoms with Crippen LogP contribution in [0.1, 0.15) is 13.8 Å². The van der Waals surface area contributed by atoms with Gasteiger partial charge in [-0.2, -0.15) is 9.57 Å². The summed E-state index contributed by atoms with van der Waals surface area (Å²) in [5.74, 6) is 0. The summed E-state index contributed by atoms with van der Waals surface area (Å²) in [7, 11) is -3.62.